The Bertz CT molecular complexity index is 703. The molecule has 3 rings (SSSR count). The summed E-state index contributed by atoms with van der Waals surface area (Å²) >= 11 is 0. The molecule has 1 fully saturated rings. The topological polar surface area (TPSA) is 67.7 Å². The molecule has 0 bridgehead atoms. The first kappa shape index (κ1) is 15.7. The predicted molar refractivity (Wildman–Crippen MR) is 78.9 cm³/mol. The van der Waals surface area contributed by atoms with E-state index < -0.39 is 12.0 Å². The van der Waals surface area contributed by atoms with Crippen molar-refractivity contribution in [1.29, 1.82) is 0 Å². The average Bonchev–Trinajstić information content (AvgIpc) is 3.09. The second-order valence-corrected chi connectivity index (χ2v) is 5.60. The third-order valence-corrected chi connectivity index (χ3v) is 3.75. The van der Waals surface area contributed by atoms with Gasteiger partial charge in [-0.15, -0.1) is 0 Å². The maximum atomic E-state index is 12.8. The summed E-state index contributed by atoms with van der Waals surface area (Å²) < 4.78 is 39.1. The molecule has 0 radical (unpaired) electrons. The van der Waals surface area contributed by atoms with Crippen molar-refractivity contribution < 1.29 is 13.2 Å². The largest absolute Gasteiger partial charge is 0.451 e. The van der Waals surface area contributed by atoms with Gasteiger partial charge in [0.25, 0.3) is 0 Å². The molecule has 1 saturated heterocycles. The van der Waals surface area contributed by atoms with Gasteiger partial charge >= 0.3 is 6.18 Å². The van der Waals surface area contributed by atoms with Crippen LogP contribution in [-0.2, 0) is 13.2 Å². The number of hydrogen-bond donors (Lipinski definition) is 2. The van der Waals surface area contributed by atoms with Gasteiger partial charge in [-0.25, -0.2) is 14.6 Å². The Labute approximate surface area is 131 Å². The summed E-state index contributed by atoms with van der Waals surface area (Å²) in [7, 11) is 1.22. The van der Waals surface area contributed by atoms with Crippen LogP contribution < -0.4 is 10.6 Å². The first-order chi connectivity index (χ1) is 10.8. The standard InChI is InChI=1S/C14H17F3N6/c1-8-5-9(6-19-11(8)20-10-3-4-18-7-10)12-21-13(14(15,16)17)23(2)22-12/h5-6,10,18H,3-4,7H2,1-2H3,(H,19,20)/t10-/m0/s1. The van der Waals surface area contributed by atoms with Gasteiger partial charge in [0, 0.05) is 31.4 Å². The first-order valence-electron chi connectivity index (χ1n) is 7.27. The van der Waals surface area contributed by atoms with Crippen molar-refractivity contribution in [3.05, 3.63) is 23.7 Å². The van der Waals surface area contributed by atoms with E-state index in [0.717, 1.165) is 35.6 Å². The van der Waals surface area contributed by atoms with Crippen LogP contribution in [0.3, 0.4) is 0 Å². The number of nitrogens with one attached hydrogen (secondary N) is 2. The van der Waals surface area contributed by atoms with Gasteiger partial charge in [-0.05, 0) is 31.5 Å². The van der Waals surface area contributed by atoms with Crippen LogP contribution in [0.4, 0.5) is 19.0 Å². The molecule has 2 aromatic heterocycles. The van der Waals surface area contributed by atoms with Gasteiger partial charge in [-0.2, -0.15) is 18.3 Å². The van der Waals surface area contributed by atoms with E-state index in [2.05, 4.69) is 25.7 Å². The zero-order chi connectivity index (χ0) is 16.6. The van der Waals surface area contributed by atoms with Gasteiger partial charge in [0.15, 0.2) is 5.82 Å². The van der Waals surface area contributed by atoms with Crippen LogP contribution in [0.2, 0.25) is 0 Å². The summed E-state index contributed by atoms with van der Waals surface area (Å²) in [5.74, 6) is -0.275. The first-order valence-corrected chi connectivity index (χ1v) is 7.27. The van der Waals surface area contributed by atoms with Crippen LogP contribution in [0, 0.1) is 6.92 Å². The van der Waals surface area contributed by atoms with E-state index >= 15 is 0 Å². The van der Waals surface area contributed by atoms with E-state index in [1.165, 1.54) is 13.2 Å². The van der Waals surface area contributed by atoms with Crippen molar-refractivity contribution in [1.82, 2.24) is 25.1 Å². The molecule has 0 unspecified atom stereocenters. The fourth-order valence-electron chi connectivity index (χ4n) is 2.57. The molecule has 6 nitrogen and oxygen atoms in total. The monoisotopic (exact) mass is 326 g/mol. The molecule has 2 N–H and O–H groups in total. The van der Waals surface area contributed by atoms with Gasteiger partial charge in [-0.3, -0.25) is 0 Å². The Morgan fingerprint density at radius 1 is 1.39 bits per heavy atom. The molecule has 9 heteroatoms. The Kier molecular flexibility index (Phi) is 3.97. The summed E-state index contributed by atoms with van der Waals surface area (Å²) in [6.45, 7) is 3.70. The van der Waals surface area contributed by atoms with Crippen LogP contribution in [0.5, 0.6) is 0 Å². The van der Waals surface area contributed by atoms with Crippen LogP contribution in [0.1, 0.15) is 17.8 Å². The lowest BCUT2D eigenvalue weighted by Crippen LogP contribution is -2.23. The molecule has 1 atom stereocenters. The van der Waals surface area contributed by atoms with Gasteiger partial charge in [0.05, 0.1) is 0 Å². The molecule has 1 aliphatic rings. The molecule has 0 amide bonds. The normalized spacial score (nSPS) is 18.4. The lowest BCUT2D eigenvalue weighted by atomic mass is 10.2. The molecule has 0 saturated carbocycles. The Hall–Kier alpha value is -2.16. The molecule has 0 spiro atoms. The van der Waals surface area contributed by atoms with Crippen molar-refractivity contribution in [3.63, 3.8) is 0 Å². The van der Waals surface area contributed by atoms with Crippen molar-refractivity contribution in [2.24, 2.45) is 7.05 Å². The zero-order valence-corrected chi connectivity index (χ0v) is 12.8. The van der Waals surface area contributed by atoms with Gasteiger partial charge < -0.3 is 10.6 Å². The highest BCUT2D eigenvalue weighted by molar-refractivity contribution is 5.59. The number of alkyl halides is 3. The summed E-state index contributed by atoms with van der Waals surface area (Å²) in [4.78, 5) is 7.89. The molecule has 124 valence electrons. The lowest BCUT2D eigenvalue weighted by Gasteiger charge is -2.14. The van der Waals surface area contributed by atoms with Gasteiger partial charge in [0.2, 0.25) is 5.82 Å². The zero-order valence-electron chi connectivity index (χ0n) is 12.8. The van der Waals surface area contributed by atoms with Crippen molar-refractivity contribution in [2.75, 3.05) is 18.4 Å². The summed E-state index contributed by atoms with van der Waals surface area (Å²) in [6, 6.07) is 2.06. The Balaban J connectivity index is 1.85. The Morgan fingerprint density at radius 2 is 2.17 bits per heavy atom. The van der Waals surface area contributed by atoms with Crippen LogP contribution >= 0.6 is 0 Å². The minimum absolute atomic E-state index is 0.0181. The minimum atomic E-state index is -4.53. The summed E-state index contributed by atoms with van der Waals surface area (Å²) in [6.07, 6.45) is -2.02. The van der Waals surface area contributed by atoms with Crippen molar-refractivity contribution >= 4 is 5.82 Å². The SMILES string of the molecule is Cc1cc(-c2nc(C(F)(F)F)n(C)n2)cnc1N[C@H]1CCNC1. The number of aromatic nitrogens is 4. The fourth-order valence-corrected chi connectivity index (χ4v) is 2.57. The molecule has 0 aromatic carbocycles. The second kappa shape index (κ2) is 5.80. The van der Waals surface area contributed by atoms with E-state index in [1.54, 1.807) is 6.07 Å². The van der Waals surface area contributed by atoms with Gasteiger partial charge in [-0.1, -0.05) is 0 Å². The van der Waals surface area contributed by atoms with Crippen LogP contribution in [0.25, 0.3) is 11.4 Å². The number of pyridine rings is 1. The fraction of sp³-hybridized carbons (Fsp3) is 0.500. The van der Waals surface area contributed by atoms with Crippen LogP contribution in [0.15, 0.2) is 12.3 Å². The Morgan fingerprint density at radius 3 is 2.74 bits per heavy atom. The smallest absolute Gasteiger partial charge is 0.366 e. The third-order valence-electron chi connectivity index (χ3n) is 3.75. The molecule has 0 aliphatic carbocycles. The van der Waals surface area contributed by atoms with E-state index in [-0.39, 0.29) is 5.82 Å². The average molecular weight is 326 g/mol. The predicted octanol–water partition coefficient (Wildman–Crippen LogP) is 1.98. The highest BCUT2D eigenvalue weighted by Crippen LogP contribution is 2.29. The highest BCUT2D eigenvalue weighted by atomic mass is 19.4. The van der Waals surface area contributed by atoms with E-state index in [4.69, 9.17) is 0 Å². The van der Waals surface area contributed by atoms with Gasteiger partial charge in [0.1, 0.15) is 5.82 Å². The number of halogens is 3. The second-order valence-electron chi connectivity index (χ2n) is 5.60. The number of rotatable bonds is 3. The number of anilines is 1. The minimum Gasteiger partial charge on any atom is -0.366 e. The van der Waals surface area contributed by atoms with Crippen LogP contribution in [-0.4, -0.2) is 38.9 Å². The molecule has 23 heavy (non-hydrogen) atoms. The molecular weight excluding hydrogens is 309 g/mol. The third kappa shape index (κ3) is 3.29. The lowest BCUT2D eigenvalue weighted by molar-refractivity contribution is -0.147. The quantitative estimate of drug-likeness (QED) is 0.903. The number of nitrogens with zero attached hydrogens (tertiary/aromatic N) is 4. The maximum absolute atomic E-state index is 12.8. The summed E-state index contributed by atoms with van der Waals surface area (Å²) in [5.41, 5.74) is 1.30. The summed E-state index contributed by atoms with van der Waals surface area (Å²) in [5, 5.41) is 10.4. The molecule has 2 aromatic rings. The maximum Gasteiger partial charge on any atom is 0.451 e. The van der Waals surface area contributed by atoms with E-state index in [0.29, 0.717) is 11.6 Å². The number of hydrogen-bond acceptors (Lipinski definition) is 5. The van der Waals surface area contributed by atoms with E-state index in [9.17, 15) is 13.2 Å². The number of aryl methyl sites for hydroxylation is 2. The molecule has 1 aliphatic heterocycles. The molecule has 3 heterocycles. The van der Waals surface area contributed by atoms with Crippen molar-refractivity contribution in [2.45, 2.75) is 25.6 Å². The van der Waals surface area contributed by atoms with E-state index in [1.807, 2.05) is 6.92 Å². The molecular formula is C14H17F3N6. The van der Waals surface area contributed by atoms with Crippen molar-refractivity contribution in [3.8, 4) is 11.4 Å². The highest BCUT2D eigenvalue weighted by Gasteiger charge is 2.37.